The third kappa shape index (κ3) is 1.38. The molecule has 0 amide bonds. The molecule has 0 radical (unpaired) electrons. The molecule has 1 unspecified atom stereocenters. The lowest BCUT2D eigenvalue weighted by molar-refractivity contribution is -0.116. The van der Waals surface area contributed by atoms with Crippen molar-refractivity contribution >= 4 is 5.78 Å². The summed E-state index contributed by atoms with van der Waals surface area (Å²) in [7, 11) is 0. The van der Waals surface area contributed by atoms with Gasteiger partial charge in [0.1, 0.15) is 0 Å². The molecule has 0 aromatic rings. The molecule has 2 heteroatoms. The normalized spacial score (nSPS) is 29.8. The van der Waals surface area contributed by atoms with Gasteiger partial charge in [0.05, 0.1) is 6.42 Å². The molecule has 2 rings (SSSR count). The number of likely N-dealkylation sites (tertiary alicyclic amines) is 1. The number of nitrogens with zero attached hydrogens (tertiary/aromatic N) is 1. The van der Waals surface area contributed by atoms with Crippen LogP contribution in [0.25, 0.3) is 0 Å². The van der Waals surface area contributed by atoms with Crippen molar-refractivity contribution in [3.63, 3.8) is 0 Å². The van der Waals surface area contributed by atoms with E-state index in [2.05, 4.69) is 11.8 Å². The fraction of sp³-hybridized carbons (Fsp3) is 0.700. The SMILES string of the molecule is CC1CCCN(C2=CC(=O)C2)C1. The molecular weight excluding hydrogens is 150 g/mol. The molecule has 1 aliphatic heterocycles. The maximum Gasteiger partial charge on any atom is 0.163 e. The van der Waals surface area contributed by atoms with E-state index < -0.39 is 0 Å². The number of carbonyl (C=O) groups is 1. The molecule has 1 heterocycles. The molecule has 0 spiro atoms. The van der Waals surface area contributed by atoms with Crippen LogP contribution in [0.1, 0.15) is 26.2 Å². The van der Waals surface area contributed by atoms with Gasteiger partial charge in [-0.05, 0) is 18.8 Å². The van der Waals surface area contributed by atoms with Crippen LogP contribution < -0.4 is 0 Å². The highest BCUT2D eigenvalue weighted by Crippen LogP contribution is 2.25. The summed E-state index contributed by atoms with van der Waals surface area (Å²) in [4.78, 5) is 13.1. The van der Waals surface area contributed by atoms with Gasteiger partial charge in [-0.1, -0.05) is 6.92 Å². The molecular formula is C10H15NO. The average Bonchev–Trinajstić information content (AvgIpc) is 1.99. The minimum atomic E-state index is 0.295. The van der Waals surface area contributed by atoms with Gasteiger partial charge in [-0.25, -0.2) is 0 Å². The Morgan fingerprint density at radius 2 is 2.33 bits per heavy atom. The van der Waals surface area contributed by atoms with Crippen LogP contribution in [0, 0.1) is 5.92 Å². The standard InChI is InChI=1S/C10H15NO/c1-8-3-2-4-11(7-8)9-5-10(12)6-9/h5,8H,2-4,6-7H2,1H3. The predicted molar refractivity (Wildman–Crippen MR) is 47.7 cm³/mol. The first-order valence-corrected chi connectivity index (χ1v) is 4.74. The number of piperidine rings is 1. The second-order valence-electron chi connectivity index (χ2n) is 3.97. The maximum atomic E-state index is 10.7. The smallest absolute Gasteiger partial charge is 0.163 e. The zero-order valence-corrected chi connectivity index (χ0v) is 7.55. The van der Waals surface area contributed by atoms with Crippen LogP contribution in [0.3, 0.4) is 0 Å². The molecule has 1 aliphatic carbocycles. The third-order valence-electron chi connectivity index (χ3n) is 2.75. The Morgan fingerprint density at radius 1 is 1.58 bits per heavy atom. The van der Waals surface area contributed by atoms with Crippen LogP contribution in [-0.2, 0) is 4.79 Å². The minimum absolute atomic E-state index is 0.295. The van der Waals surface area contributed by atoms with E-state index in [9.17, 15) is 4.79 Å². The number of hydrogen-bond acceptors (Lipinski definition) is 2. The molecule has 0 saturated carbocycles. The van der Waals surface area contributed by atoms with Gasteiger partial charge < -0.3 is 4.90 Å². The van der Waals surface area contributed by atoms with Crippen molar-refractivity contribution in [2.24, 2.45) is 5.92 Å². The third-order valence-corrected chi connectivity index (χ3v) is 2.75. The monoisotopic (exact) mass is 165 g/mol. The van der Waals surface area contributed by atoms with Gasteiger partial charge >= 0.3 is 0 Å². The molecule has 1 saturated heterocycles. The number of allylic oxidation sites excluding steroid dienone is 2. The number of hydrogen-bond donors (Lipinski definition) is 0. The quantitative estimate of drug-likeness (QED) is 0.588. The average molecular weight is 165 g/mol. The Hall–Kier alpha value is -0.790. The fourth-order valence-corrected chi connectivity index (χ4v) is 1.99. The van der Waals surface area contributed by atoms with Gasteiger partial charge in [0.2, 0.25) is 0 Å². The second kappa shape index (κ2) is 2.92. The highest BCUT2D eigenvalue weighted by Gasteiger charge is 2.24. The van der Waals surface area contributed by atoms with Crippen LogP contribution in [0.2, 0.25) is 0 Å². The summed E-state index contributed by atoms with van der Waals surface area (Å²) < 4.78 is 0. The van der Waals surface area contributed by atoms with Crippen molar-refractivity contribution in [2.75, 3.05) is 13.1 Å². The summed E-state index contributed by atoms with van der Waals surface area (Å²) >= 11 is 0. The van der Waals surface area contributed by atoms with E-state index in [-0.39, 0.29) is 0 Å². The molecule has 66 valence electrons. The van der Waals surface area contributed by atoms with E-state index in [4.69, 9.17) is 0 Å². The van der Waals surface area contributed by atoms with Crippen LogP contribution in [0.5, 0.6) is 0 Å². The van der Waals surface area contributed by atoms with Gasteiger partial charge in [-0.3, -0.25) is 4.79 Å². The lowest BCUT2D eigenvalue weighted by Gasteiger charge is -2.36. The number of rotatable bonds is 1. The second-order valence-corrected chi connectivity index (χ2v) is 3.97. The first kappa shape index (κ1) is 7.84. The highest BCUT2D eigenvalue weighted by atomic mass is 16.1. The van der Waals surface area contributed by atoms with Gasteiger partial charge in [-0.2, -0.15) is 0 Å². The lowest BCUT2D eigenvalue weighted by Crippen LogP contribution is -2.37. The van der Waals surface area contributed by atoms with Crippen molar-refractivity contribution < 1.29 is 4.79 Å². The Balaban J connectivity index is 1.96. The van der Waals surface area contributed by atoms with Gasteiger partial charge in [0.25, 0.3) is 0 Å². The molecule has 2 nitrogen and oxygen atoms in total. The van der Waals surface area contributed by atoms with Crippen molar-refractivity contribution in [2.45, 2.75) is 26.2 Å². The predicted octanol–water partition coefficient (Wildman–Crippen LogP) is 1.57. The largest absolute Gasteiger partial charge is 0.374 e. The Bertz CT molecular complexity index is 232. The Labute approximate surface area is 73.2 Å². The van der Waals surface area contributed by atoms with E-state index in [1.54, 1.807) is 6.08 Å². The fourth-order valence-electron chi connectivity index (χ4n) is 1.99. The van der Waals surface area contributed by atoms with E-state index >= 15 is 0 Å². The minimum Gasteiger partial charge on any atom is -0.374 e. The van der Waals surface area contributed by atoms with Crippen molar-refractivity contribution in [1.82, 2.24) is 4.90 Å². The number of carbonyl (C=O) groups excluding carboxylic acids is 1. The summed E-state index contributed by atoms with van der Waals surface area (Å²) in [6, 6.07) is 0. The van der Waals surface area contributed by atoms with Crippen LogP contribution in [0.4, 0.5) is 0 Å². The molecule has 1 fully saturated rings. The van der Waals surface area contributed by atoms with Crippen molar-refractivity contribution in [1.29, 1.82) is 0 Å². The van der Waals surface area contributed by atoms with E-state index in [1.807, 2.05) is 0 Å². The van der Waals surface area contributed by atoms with Crippen molar-refractivity contribution in [3.05, 3.63) is 11.8 Å². The topological polar surface area (TPSA) is 20.3 Å². The Morgan fingerprint density at radius 3 is 2.92 bits per heavy atom. The first-order chi connectivity index (χ1) is 5.75. The number of ketones is 1. The highest BCUT2D eigenvalue weighted by molar-refractivity contribution is 5.98. The van der Waals surface area contributed by atoms with E-state index in [1.165, 1.54) is 18.5 Å². The first-order valence-electron chi connectivity index (χ1n) is 4.74. The molecule has 1 atom stereocenters. The van der Waals surface area contributed by atoms with Gasteiger partial charge in [0.15, 0.2) is 5.78 Å². The summed E-state index contributed by atoms with van der Waals surface area (Å²) in [5.41, 5.74) is 1.27. The summed E-state index contributed by atoms with van der Waals surface area (Å²) in [5.74, 6) is 1.10. The lowest BCUT2D eigenvalue weighted by atomic mass is 9.96. The molecule has 0 N–H and O–H groups in total. The van der Waals surface area contributed by atoms with Crippen LogP contribution in [-0.4, -0.2) is 23.8 Å². The molecule has 12 heavy (non-hydrogen) atoms. The zero-order valence-electron chi connectivity index (χ0n) is 7.55. The van der Waals surface area contributed by atoms with E-state index in [0.717, 1.165) is 19.0 Å². The molecule has 2 aliphatic rings. The summed E-state index contributed by atoms with van der Waals surface area (Å²) in [6.45, 7) is 4.59. The maximum absolute atomic E-state index is 10.7. The Kier molecular flexibility index (Phi) is 1.91. The van der Waals surface area contributed by atoms with E-state index in [0.29, 0.717) is 12.2 Å². The summed E-state index contributed by atoms with van der Waals surface area (Å²) in [5, 5.41) is 0. The molecule has 0 bridgehead atoms. The molecule has 0 aromatic heterocycles. The molecule has 0 aromatic carbocycles. The van der Waals surface area contributed by atoms with Crippen molar-refractivity contribution in [3.8, 4) is 0 Å². The summed E-state index contributed by atoms with van der Waals surface area (Å²) in [6.07, 6.45) is 5.11. The van der Waals surface area contributed by atoms with Gasteiger partial charge in [-0.15, -0.1) is 0 Å². The van der Waals surface area contributed by atoms with Gasteiger partial charge in [0, 0.05) is 24.9 Å². The van der Waals surface area contributed by atoms with Crippen LogP contribution >= 0.6 is 0 Å². The zero-order chi connectivity index (χ0) is 8.55. The van der Waals surface area contributed by atoms with Crippen LogP contribution in [0.15, 0.2) is 11.8 Å².